The van der Waals surface area contributed by atoms with E-state index in [1.807, 2.05) is 0 Å². The van der Waals surface area contributed by atoms with Crippen LogP contribution in [0.1, 0.15) is 13.8 Å². The van der Waals surface area contributed by atoms with Crippen molar-refractivity contribution >= 4 is 5.91 Å². The smallest absolute Gasteiger partial charge is 0.217 e. The molecule has 0 aromatic heterocycles. The van der Waals surface area contributed by atoms with E-state index < -0.39 is 37.3 Å². The minimum absolute atomic E-state index is 0.321. The molecule has 7 heteroatoms. The molecule has 1 heterocycles. The van der Waals surface area contributed by atoms with E-state index in [4.69, 9.17) is 14.6 Å². The highest BCUT2D eigenvalue weighted by atomic mass is 16.7. The van der Waals surface area contributed by atoms with Gasteiger partial charge in [-0.2, -0.15) is 0 Å². The predicted molar refractivity (Wildman–Crippen MR) is 57.0 cm³/mol. The molecule has 3 unspecified atom stereocenters. The SMILES string of the molecule is CCO[C@@H]1OC(CO)C(O)C(O)[C@H]1NC(C)=O. The number of carbonyl (C=O) groups excluding carboxylic acids is 1. The van der Waals surface area contributed by atoms with Gasteiger partial charge < -0.3 is 30.1 Å². The van der Waals surface area contributed by atoms with Gasteiger partial charge in [-0.15, -0.1) is 0 Å². The van der Waals surface area contributed by atoms with E-state index >= 15 is 0 Å². The molecule has 1 fully saturated rings. The van der Waals surface area contributed by atoms with Gasteiger partial charge >= 0.3 is 0 Å². The molecule has 5 atom stereocenters. The van der Waals surface area contributed by atoms with Crippen molar-refractivity contribution in [3.63, 3.8) is 0 Å². The van der Waals surface area contributed by atoms with Gasteiger partial charge in [0.05, 0.1) is 6.61 Å². The number of rotatable bonds is 4. The van der Waals surface area contributed by atoms with Crippen LogP contribution >= 0.6 is 0 Å². The van der Waals surface area contributed by atoms with Crippen LogP contribution < -0.4 is 5.32 Å². The summed E-state index contributed by atoms with van der Waals surface area (Å²) in [6.45, 7) is 2.91. The minimum Gasteiger partial charge on any atom is -0.394 e. The topological polar surface area (TPSA) is 108 Å². The number of amides is 1. The molecule has 1 aliphatic heterocycles. The maximum atomic E-state index is 11.0. The summed E-state index contributed by atoms with van der Waals surface area (Å²) in [6, 6.07) is -0.856. The second-order valence-electron chi connectivity index (χ2n) is 3.89. The van der Waals surface area contributed by atoms with Crippen LogP contribution in [0.5, 0.6) is 0 Å². The van der Waals surface area contributed by atoms with Gasteiger partial charge in [-0.25, -0.2) is 0 Å². The summed E-state index contributed by atoms with van der Waals surface area (Å²) >= 11 is 0. The van der Waals surface area contributed by atoms with Gasteiger partial charge in [0.2, 0.25) is 5.91 Å². The third-order valence-electron chi connectivity index (χ3n) is 2.58. The van der Waals surface area contributed by atoms with Gasteiger partial charge in [-0.1, -0.05) is 0 Å². The number of ether oxygens (including phenoxy) is 2. The van der Waals surface area contributed by atoms with Crippen LogP contribution in [-0.4, -0.2) is 65.1 Å². The summed E-state index contributed by atoms with van der Waals surface area (Å²) in [5.74, 6) is -0.364. The van der Waals surface area contributed by atoms with Gasteiger partial charge in [-0.3, -0.25) is 4.79 Å². The molecule has 0 bridgehead atoms. The van der Waals surface area contributed by atoms with E-state index in [2.05, 4.69) is 5.32 Å². The van der Waals surface area contributed by atoms with Crippen LogP contribution in [0, 0.1) is 0 Å². The average Bonchev–Trinajstić information content (AvgIpc) is 2.28. The van der Waals surface area contributed by atoms with Crippen molar-refractivity contribution in [3.05, 3.63) is 0 Å². The quantitative estimate of drug-likeness (QED) is 0.457. The molecule has 100 valence electrons. The Labute approximate surface area is 99.3 Å². The lowest BCUT2D eigenvalue weighted by Gasteiger charge is -2.42. The largest absolute Gasteiger partial charge is 0.394 e. The highest BCUT2D eigenvalue weighted by Gasteiger charge is 2.45. The molecule has 1 aliphatic rings. The zero-order valence-electron chi connectivity index (χ0n) is 9.87. The van der Waals surface area contributed by atoms with Crippen molar-refractivity contribution in [3.8, 4) is 0 Å². The normalized spacial score (nSPS) is 37.8. The molecular formula is C10H19NO6. The summed E-state index contributed by atoms with van der Waals surface area (Å²) < 4.78 is 10.5. The van der Waals surface area contributed by atoms with Crippen LogP contribution in [0.25, 0.3) is 0 Å². The summed E-state index contributed by atoms with van der Waals surface area (Å²) in [6.07, 6.45) is -4.33. The van der Waals surface area contributed by atoms with Crippen molar-refractivity contribution < 1.29 is 29.6 Å². The van der Waals surface area contributed by atoms with Crippen molar-refractivity contribution in [2.45, 2.75) is 44.5 Å². The fourth-order valence-corrected chi connectivity index (χ4v) is 1.78. The third-order valence-corrected chi connectivity index (χ3v) is 2.58. The lowest BCUT2D eigenvalue weighted by molar-refractivity contribution is -0.268. The van der Waals surface area contributed by atoms with Crippen molar-refractivity contribution in [1.29, 1.82) is 0 Å². The predicted octanol–water partition coefficient (Wildman–Crippen LogP) is -2.03. The van der Waals surface area contributed by atoms with Crippen LogP contribution in [0.4, 0.5) is 0 Å². The molecule has 4 N–H and O–H groups in total. The Balaban J connectivity index is 2.78. The van der Waals surface area contributed by atoms with E-state index in [1.165, 1.54) is 6.92 Å². The molecule has 17 heavy (non-hydrogen) atoms. The summed E-state index contributed by atoms with van der Waals surface area (Å²) in [5, 5.41) is 31.0. The van der Waals surface area contributed by atoms with E-state index in [0.717, 1.165) is 0 Å². The molecule has 0 aromatic carbocycles. The average molecular weight is 249 g/mol. The number of hydrogen-bond donors (Lipinski definition) is 4. The van der Waals surface area contributed by atoms with Crippen molar-refractivity contribution in [2.75, 3.05) is 13.2 Å². The number of aliphatic hydroxyl groups is 3. The first kappa shape index (κ1) is 14.3. The lowest BCUT2D eigenvalue weighted by atomic mass is 9.97. The van der Waals surface area contributed by atoms with E-state index in [-0.39, 0.29) is 5.91 Å². The molecule has 1 rings (SSSR count). The molecular weight excluding hydrogens is 230 g/mol. The Hall–Kier alpha value is -0.730. The molecule has 1 saturated heterocycles. The fraction of sp³-hybridized carbons (Fsp3) is 0.900. The first-order chi connectivity index (χ1) is 8.01. The van der Waals surface area contributed by atoms with Crippen LogP contribution in [0.2, 0.25) is 0 Å². The van der Waals surface area contributed by atoms with Gasteiger partial charge in [-0.05, 0) is 6.92 Å². The standard InChI is InChI=1S/C10H19NO6/c1-3-16-10-7(11-5(2)13)9(15)8(14)6(4-12)17-10/h6-10,12,14-15H,3-4H2,1-2H3,(H,11,13)/t6?,7-,8?,9?,10-/m1/s1. The fourth-order valence-electron chi connectivity index (χ4n) is 1.78. The summed E-state index contributed by atoms with van der Waals surface area (Å²) in [5.41, 5.74) is 0. The maximum absolute atomic E-state index is 11.0. The van der Waals surface area contributed by atoms with E-state index in [1.54, 1.807) is 6.92 Å². The minimum atomic E-state index is -1.27. The highest BCUT2D eigenvalue weighted by molar-refractivity contribution is 5.73. The monoisotopic (exact) mass is 249 g/mol. The molecule has 1 amide bonds. The van der Waals surface area contributed by atoms with E-state index in [0.29, 0.717) is 6.61 Å². The maximum Gasteiger partial charge on any atom is 0.217 e. The molecule has 0 aliphatic carbocycles. The van der Waals surface area contributed by atoms with Crippen LogP contribution in [0.3, 0.4) is 0 Å². The second-order valence-corrected chi connectivity index (χ2v) is 3.89. The van der Waals surface area contributed by atoms with E-state index in [9.17, 15) is 15.0 Å². The molecule has 0 spiro atoms. The Morgan fingerprint density at radius 1 is 1.41 bits per heavy atom. The third kappa shape index (κ3) is 3.36. The first-order valence-corrected chi connectivity index (χ1v) is 5.52. The number of aliphatic hydroxyl groups excluding tert-OH is 3. The van der Waals surface area contributed by atoms with Gasteiger partial charge in [0, 0.05) is 13.5 Å². The number of nitrogens with one attached hydrogen (secondary N) is 1. The highest BCUT2D eigenvalue weighted by Crippen LogP contribution is 2.21. The summed E-state index contributed by atoms with van der Waals surface area (Å²) in [4.78, 5) is 11.0. The van der Waals surface area contributed by atoms with Crippen molar-refractivity contribution in [2.24, 2.45) is 0 Å². The second kappa shape index (κ2) is 6.27. The Kier molecular flexibility index (Phi) is 5.29. The Morgan fingerprint density at radius 3 is 2.53 bits per heavy atom. The lowest BCUT2D eigenvalue weighted by Crippen LogP contribution is -2.64. The van der Waals surface area contributed by atoms with Crippen LogP contribution in [-0.2, 0) is 14.3 Å². The Morgan fingerprint density at radius 2 is 2.06 bits per heavy atom. The molecule has 0 aromatic rings. The van der Waals surface area contributed by atoms with Crippen molar-refractivity contribution in [1.82, 2.24) is 5.32 Å². The summed E-state index contributed by atoms with van der Waals surface area (Å²) in [7, 11) is 0. The Bertz CT molecular complexity index is 261. The first-order valence-electron chi connectivity index (χ1n) is 5.52. The molecule has 0 saturated carbocycles. The van der Waals surface area contributed by atoms with Crippen LogP contribution in [0.15, 0.2) is 0 Å². The zero-order chi connectivity index (χ0) is 13.0. The number of hydrogen-bond acceptors (Lipinski definition) is 6. The molecule has 0 radical (unpaired) electrons. The number of carbonyl (C=O) groups is 1. The van der Waals surface area contributed by atoms with Gasteiger partial charge in [0.15, 0.2) is 6.29 Å². The van der Waals surface area contributed by atoms with Gasteiger partial charge in [0.25, 0.3) is 0 Å². The zero-order valence-corrected chi connectivity index (χ0v) is 9.87. The van der Waals surface area contributed by atoms with Gasteiger partial charge in [0.1, 0.15) is 24.4 Å². The molecule has 7 nitrogen and oxygen atoms in total.